The highest BCUT2D eigenvalue weighted by molar-refractivity contribution is 5.94. The number of halogens is 1. The van der Waals surface area contributed by atoms with Gasteiger partial charge in [0.1, 0.15) is 5.82 Å². The number of nitrogens with one attached hydrogen (secondary N) is 1. The minimum absolute atomic E-state index is 0.293. The van der Waals surface area contributed by atoms with Crippen LogP contribution in [-0.4, -0.2) is 23.0 Å². The van der Waals surface area contributed by atoms with E-state index >= 15 is 0 Å². The van der Waals surface area contributed by atoms with Gasteiger partial charge in [-0.2, -0.15) is 0 Å². The average Bonchev–Trinajstić information content (AvgIpc) is 2.81. The van der Waals surface area contributed by atoms with Gasteiger partial charge >= 0.3 is 5.97 Å². The molecule has 2 atom stereocenters. The first-order valence-electron chi connectivity index (χ1n) is 5.95. The Kier molecular flexibility index (Phi) is 3.64. The van der Waals surface area contributed by atoms with Crippen LogP contribution in [0.3, 0.4) is 0 Å². The monoisotopic (exact) mass is 263 g/mol. The molecule has 5 heteroatoms. The maximum atomic E-state index is 13.1. The number of aliphatic carboxylic acids is 1. The SMILES string of the molecule is Cc1cc(C(=O)NC2C=CC(C(=O)O)C2)ccc1F. The van der Waals surface area contributed by atoms with E-state index in [4.69, 9.17) is 5.11 Å². The van der Waals surface area contributed by atoms with Gasteiger partial charge in [-0.3, -0.25) is 9.59 Å². The van der Waals surface area contributed by atoms with E-state index in [2.05, 4.69) is 5.32 Å². The molecule has 19 heavy (non-hydrogen) atoms. The number of carbonyl (C=O) groups excluding carboxylic acids is 1. The van der Waals surface area contributed by atoms with Gasteiger partial charge in [0, 0.05) is 11.6 Å². The fourth-order valence-corrected chi connectivity index (χ4v) is 2.03. The molecule has 0 radical (unpaired) electrons. The van der Waals surface area contributed by atoms with Crippen molar-refractivity contribution in [2.24, 2.45) is 5.92 Å². The standard InChI is InChI=1S/C14H14FNO3/c1-8-6-9(3-5-12(8)15)13(17)16-11-4-2-10(7-11)14(18)19/h2-6,10-11H,7H2,1H3,(H,16,17)(H,18,19). The van der Waals surface area contributed by atoms with Crippen molar-refractivity contribution in [3.63, 3.8) is 0 Å². The van der Waals surface area contributed by atoms with E-state index in [0.29, 0.717) is 17.5 Å². The molecule has 0 fully saturated rings. The summed E-state index contributed by atoms with van der Waals surface area (Å²) in [5, 5.41) is 11.6. The fourth-order valence-electron chi connectivity index (χ4n) is 2.03. The van der Waals surface area contributed by atoms with Gasteiger partial charge in [0.05, 0.1) is 5.92 Å². The Labute approximate surface area is 109 Å². The molecule has 4 nitrogen and oxygen atoms in total. The highest BCUT2D eigenvalue weighted by Gasteiger charge is 2.25. The first-order valence-corrected chi connectivity index (χ1v) is 5.95. The highest BCUT2D eigenvalue weighted by atomic mass is 19.1. The lowest BCUT2D eigenvalue weighted by Gasteiger charge is -2.12. The van der Waals surface area contributed by atoms with Crippen LogP contribution in [0.25, 0.3) is 0 Å². The molecule has 1 aromatic carbocycles. The summed E-state index contributed by atoms with van der Waals surface area (Å²) in [5.41, 5.74) is 0.768. The maximum absolute atomic E-state index is 13.1. The third-order valence-electron chi connectivity index (χ3n) is 3.14. The molecule has 0 heterocycles. The van der Waals surface area contributed by atoms with Crippen molar-refractivity contribution < 1.29 is 19.1 Å². The Hall–Kier alpha value is -2.17. The number of benzene rings is 1. The van der Waals surface area contributed by atoms with Crippen LogP contribution in [0, 0.1) is 18.7 Å². The molecule has 1 aliphatic rings. The lowest BCUT2D eigenvalue weighted by molar-refractivity contribution is -0.140. The maximum Gasteiger partial charge on any atom is 0.310 e. The van der Waals surface area contributed by atoms with E-state index in [-0.39, 0.29) is 17.8 Å². The molecule has 0 saturated carbocycles. The van der Waals surface area contributed by atoms with Crippen LogP contribution in [0.5, 0.6) is 0 Å². The Morgan fingerprint density at radius 2 is 2.11 bits per heavy atom. The van der Waals surface area contributed by atoms with E-state index in [0.717, 1.165) is 0 Å². The zero-order chi connectivity index (χ0) is 14.0. The smallest absolute Gasteiger partial charge is 0.310 e. The summed E-state index contributed by atoms with van der Waals surface area (Å²) in [6.07, 6.45) is 3.59. The highest BCUT2D eigenvalue weighted by Crippen LogP contribution is 2.18. The topological polar surface area (TPSA) is 66.4 Å². The van der Waals surface area contributed by atoms with Crippen molar-refractivity contribution >= 4 is 11.9 Å². The van der Waals surface area contributed by atoms with Crippen molar-refractivity contribution in [2.45, 2.75) is 19.4 Å². The molecule has 2 unspecified atom stereocenters. The van der Waals surface area contributed by atoms with Crippen LogP contribution in [0.15, 0.2) is 30.4 Å². The van der Waals surface area contributed by atoms with Crippen LogP contribution in [0.2, 0.25) is 0 Å². The Balaban J connectivity index is 2.00. The second-order valence-corrected chi connectivity index (χ2v) is 4.61. The summed E-state index contributed by atoms with van der Waals surface area (Å²) in [5.74, 6) is -2.14. The van der Waals surface area contributed by atoms with Gasteiger partial charge in [0.15, 0.2) is 0 Å². The Bertz CT molecular complexity index is 554. The normalized spacial score (nSPS) is 21.4. The number of carboxylic acid groups (broad SMARTS) is 1. The van der Waals surface area contributed by atoms with E-state index < -0.39 is 11.9 Å². The van der Waals surface area contributed by atoms with Gasteiger partial charge in [-0.05, 0) is 37.1 Å². The van der Waals surface area contributed by atoms with E-state index in [1.807, 2.05) is 0 Å². The fraction of sp³-hybridized carbons (Fsp3) is 0.286. The molecule has 0 saturated heterocycles. The van der Waals surface area contributed by atoms with Crippen LogP contribution in [-0.2, 0) is 4.79 Å². The van der Waals surface area contributed by atoms with Crippen molar-refractivity contribution in [2.75, 3.05) is 0 Å². The number of carboxylic acids is 1. The van der Waals surface area contributed by atoms with Gasteiger partial charge in [-0.15, -0.1) is 0 Å². The average molecular weight is 263 g/mol. The first-order chi connectivity index (χ1) is 8.97. The lowest BCUT2D eigenvalue weighted by atomic mass is 10.1. The van der Waals surface area contributed by atoms with Crippen molar-refractivity contribution in [3.05, 3.63) is 47.3 Å². The van der Waals surface area contributed by atoms with Crippen LogP contribution >= 0.6 is 0 Å². The molecule has 0 bridgehead atoms. The van der Waals surface area contributed by atoms with E-state index in [1.165, 1.54) is 18.2 Å². The molecule has 0 spiro atoms. The molecule has 2 N–H and O–H groups in total. The molecular formula is C14H14FNO3. The Morgan fingerprint density at radius 3 is 2.68 bits per heavy atom. The van der Waals surface area contributed by atoms with Crippen LogP contribution in [0.1, 0.15) is 22.3 Å². The summed E-state index contributed by atoms with van der Waals surface area (Å²) in [6, 6.07) is 3.83. The number of carbonyl (C=O) groups is 2. The second-order valence-electron chi connectivity index (χ2n) is 4.61. The van der Waals surface area contributed by atoms with Gasteiger partial charge in [0.25, 0.3) is 5.91 Å². The summed E-state index contributed by atoms with van der Waals surface area (Å²) >= 11 is 0. The van der Waals surface area contributed by atoms with E-state index in [9.17, 15) is 14.0 Å². The van der Waals surface area contributed by atoms with Gasteiger partial charge in [-0.1, -0.05) is 12.2 Å². The molecule has 1 aliphatic carbocycles. The number of rotatable bonds is 3. The Morgan fingerprint density at radius 1 is 1.37 bits per heavy atom. The zero-order valence-electron chi connectivity index (χ0n) is 10.4. The minimum Gasteiger partial charge on any atom is -0.481 e. The molecule has 2 rings (SSSR count). The minimum atomic E-state index is -0.898. The second kappa shape index (κ2) is 5.22. The summed E-state index contributed by atoms with van der Waals surface area (Å²) in [7, 11) is 0. The molecule has 1 aromatic rings. The van der Waals surface area contributed by atoms with Crippen molar-refractivity contribution in [3.8, 4) is 0 Å². The van der Waals surface area contributed by atoms with Crippen LogP contribution < -0.4 is 5.32 Å². The first kappa shape index (κ1) is 13.3. The summed E-state index contributed by atoms with van der Waals surface area (Å²) < 4.78 is 13.1. The molecule has 1 amide bonds. The van der Waals surface area contributed by atoms with Gasteiger partial charge in [0.2, 0.25) is 0 Å². The number of hydrogen-bond donors (Lipinski definition) is 2. The molecule has 0 aliphatic heterocycles. The number of amides is 1. The van der Waals surface area contributed by atoms with Gasteiger partial charge in [-0.25, -0.2) is 4.39 Å². The third kappa shape index (κ3) is 2.99. The predicted molar refractivity (Wildman–Crippen MR) is 67.3 cm³/mol. The lowest BCUT2D eigenvalue weighted by Crippen LogP contribution is -2.33. The molecule has 0 aromatic heterocycles. The molecular weight excluding hydrogens is 249 g/mol. The molecule has 100 valence electrons. The largest absolute Gasteiger partial charge is 0.481 e. The zero-order valence-corrected chi connectivity index (χ0v) is 10.4. The predicted octanol–water partition coefficient (Wildman–Crippen LogP) is 1.89. The van der Waals surface area contributed by atoms with Crippen LogP contribution in [0.4, 0.5) is 4.39 Å². The summed E-state index contributed by atoms with van der Waals surface area (Å²) in [6.45, 7) is 1.59. The number of hydrogen-bond acceptors (Lipinski definition) is 2. The third-order valence-corrected chi connectivity index (χ3v) is 3.14. The quantitative estimate of drug-likeness (QED) is 0.818. The van der Waals surface area contributed by atoms with Crippen molar-refractivity contribution in [1.29, 1.82) is 0 Å². The van der Waals surface area contributed by atoms with Crippen molar-refractivity contribution in [1.82, 2.24) is 5.32 Å². The van der Waals surface area contributed by atoms with E-state index in [1.54, 1.807) is 19.1 Å². The summed E-state index contributed by atoms with van der Waals surface area (Å²) in [4.78, 5) is 22.7. The van der Waals surface area contributed by atoms with Gasteiger partial charge < -0.3 is 10.4 Å². The number of aryl methyl sites for hydroxylation is 1.